The lowest BCUT2D eigenvalue weighted by Crippen LogP contribution is -2.20. The van der Waals surface area contributed by atoms with Crippen molar-refractivity contribution in [2.45, 2.75) is 13.5 Å². The number of benzene rings is 1. The van der Waals surface area contributed by atoms with E-state index < -0.39 is 0 Å². The Morgan fingerprint density at radius 3 is 2.72 bits per heavy atom. The minimum atomic E-state index is -0.111. The maximum absolute atomic E-state index is 11.9. The summed E-state index contributed by atoms with van der Waals surface area (Å²) in [6.45, 7) is 2.12. The number of aryl methyl sites for hydroxylation is 1. The molecule has 0 aliphatic heterocycles. The third-order valence-electron chi connectivity index (χ3n) is 2.41. The molecule has 18 heavy (non-hydrogen) atoms. The van der Waals surface area contributed by atoms with Crippen molar-refractivity contribution in [2.75, 3.05) is 5.32 Å². The van der Waals surface area contributed by atoms with Gasteiger partial charge in [0.1, 0.15) is 15.8 Å². The van der Waals surface area contributed by atoms with Crippen molar-refractivity contribution in [3.05, 3.63) is 45.1 Å². The Morgan fingerprint density at radius 2 is 2.11 bits per heavy atom. The monoisotopic (exact) mass is 371 g/mol. The van der Waals surface area contributed by atoms with Crippen LogP contribution in [0.25, 0.3) is 0 Å². The molecule has 6 heteroatoms. The Bertz CT molecular complexity index is 580. The number of nitrogens with one attached hydrogen (secondary N) is 1. The summed E-state index contributed by atoms with van der Waals surface area (Å²) in [6.07, 6.45) is 0. The molecule has 0 fully saturated rings. The first kappa shape index (κ1) is 13.3. The predicted octanol–water partition coefficient (Wildman–Crippen LogP) is 3.36. The van der Waals surface area contributed by atoms with Crippen LogP contribution in [0.4, 0.5) is 5.69 Å². The molecule has 0 radical (unpaired) electrons. The van der Waals surface area contributed by atoms with Crippen molar-refractivity contribution in [3.8, 4) is 0 Å². The van der Waals surface area contributed by atoms with Gasteiger partial charge in [0.15, 0.2) is 0 Å². The smallest absolute Gasteiger partial charge is 0.246 e. The van der Waals surface area contributed by atoms with Crippen LogP contribution in [0.3, 0.4) is 0 Å². The minimum Gasteiger partial charge on any atom is -0.324 e. The highest BCUT2D eigenvalue weighted by Gasteiger charge is 2.09. The first-order chi connectivity index (χ1) is 8.56. The van der Waals surface area contributed by atoms with E-state index >= 15 is 0 Å². The Hall–Kier alpha value is -1.14. The van der Waals surface area contributed by atoms with Gasteiger partial charge in [-0.15, -0.1) is 0 Å². The van der Waals surface area contributed by atoms with Gasteiger partial charge in [-0.3, -0.25) is 4.79 Å². The molecular formula is C12H11Br2N3O. The zero-order chi connectivity index (χ0) is 13.1. The van der Waals surface area contributed by atoms with Gasteiger partial charge in [-0.2, -0.15) is 5.10 Å². The summed E-state index contributed by atoms with van der Waals surface area (Å²) in [5.41, 5.74) is 1.86. The fourth-order valence-corrected chi connectivity index (χ4v) is 2.65. The van der Waals surface area contributed by atoms with Gasteiger partial charge in [-0.05, 0) is 50.4 Å². The molecule has 1 N–H and O–H groups in total. The van der Waals surface area contributed by atoms with Crippen molar-refractivity contribution in [2.24, 2.45) is 0 Å². The highest BCUT2D eigenvalue weighted by molar-refractivity contribution is 9.11. The molecule has 0 aliphatic rings. The first-order valence-electron chi connectivity index (χ1n) is 5.30. The van der Waals surface area contributed by atoms with Crippen LogP contribution in [0.15, 0.2) is 39.5 Å². The second-order valence-corrected chi connectivity index (χ2v) is 5.44. The van der Waals surface area contributed by atoms with Crippen molar-refractivity contribution in [3.63, 3.8) is 0 Å². The molecule has 0 saturated carbocycles. The molecule has 0 saturated heterocycles. The van der Waals surface area contributed by atoms with Gasteiger partial charge in [0, 0.05) is 11.8 Å². The average molecular weight is 373 g/mol. The van der Waals surface area contributed by atoms with E-state index in [9.17, 15) is 4.79 Å². The molecule has 1 aromatic carbocycles. The summed E-state index contributed by atoms with van der Waals surface area (Å²) in [7, 11) is 0. The molecule has 0 spiro atoms. The molecule has 0 atom stereocenters. The predicted molar refractivity (Wildman–Crippen MR) is 77.4 cm³/mol. The van der Waals surface area contributed by atoms with Crippen LogP contribution in [0.1, 0.15) is 5.56 Å². The number of anilines is 1. The second-order valence-electron chi connectivity index (χ2n) is 3.81. The number of rotatable bonds is 3. The van der Waals surface area contributed by atoms with E-state index in [1.54, 1.807) is 10.7 Å². The minimum absolute atomic E-state index is 0.111. The molecule has 0 bridgehead atoms. The number of halogens is 2. The van der Waals surface area contributed by atoms with Crippen LogP contribution in [0.2, 0.25) is 0 Å². The number of carbonyl (C=O) groups is 1. The molecule has 2 rings (SSSR count). The molecular weight excluding hydrogens is 362 g/mol. The zero-order valence-electron chi connectivity index (χ0n) is 9.65. The molecule has 4 nitrogen and oxygen atoms in total. The molecule has 1 aromatic heterocycles. The van der Waals surface area contributed by atoms with Crippen LogP contribution in [-0.2, 0) is 11.3 Å². The Kier molecular flexibility index (Phi) is 4.19. The highest BCUT2D eigenvalue weighted by atomic mass is 79.9. The Labute approximate surface area is 122 Å². The third-order valence-corrected chi connectivity index (χ3v) is 3.44. The lowest BCUT2D eigenvalue weighted by atomic mass is 10.2. The van der Waals surface area contributed by atoms with Crippen molar-refractivity contribution in [1.29, 1.82) is 0 Å². The quantitative estimate of drug-likeness (QED) is 0.897. The molecule has 1 amide bonds. The van der Waals surface area contributed by atoms with Crippen LogP contribution in [0.5, 0.6) is 0 Å². The number of hydrogen-bond acceptors (Lipinski definition) is 2. The fourth-order valence-electron chi connectivity index (χ4n) is 1.51. The molecule has 0 aliphatic carbocycles. The topological polar surface area (TPSA) is 46.9 Å². The van der Waals surface area contributed by atoms with E-state index in [4.69, 9.17) is 0 Å². The average Bonchev–Trinajstić information content (AvgIpc) is 2.61. The number of hydrogen-bond donors (Lipinski definition) is 1. The van der Waals surface area contributed by atoms with E-state index in [-0.39, 0.29) is 12.5 Å². The standard InChI is InChI=1S/C12H11Br2N3O/c1-8-4-2-3-5-9(8)15-12(18)7-17-11(14)6-10(13)16-17/h2-6H,7H2,1H3,(H,15,18). The maximum atomic E-state index is 11.9. The second kappa shape index (κ2) is 5.67. The van der Waals surface area contributed by atoms with Crippen LogP contribution in [-0.4, -0.2) is 15.7 Å². The van der Waals surface area contributed by atoms with Gasteiger partial charge in [0.2, 0.25) is 5.91 Å². The van der Waals surface area contributed by atoms with E-state index in [0.717, 1.165) is 15.9 Å². The normalized spacial score (nSPS) is 10.4. The molecule has 2 aromatic rings. The van der Waals surface area contributed by atoms with Crippen LogP contribution in [0, 0.1) is 6.92 Å². The van der Waals surface area contributed by atoms with Crippen molar-refractivity contribution < 1.29 is 4.79 Å². The molecule has 94 valence electrons. The van der Waals surface area contributed by atoms with Crippen LogP contribution >= 0.6 is 31.9 Å². The fraction of sp³-hybridized carbons (Fsp3) is 0.167. The lowest BCUT2D eigenvalue weighted by Gasteiger charge is -2.08. The summed E-state index contributed by atoms with van der Waals surface area (Å²) in [6, 6.07) is 9.45. The number of amides is 1. The number of nitrogens with zero attached hydrogens (tertiary/aromatic N) is 2. The van der Waals surface area contributed by atoms with Gasteiger partial charge in [-0.25, -0.2) is 4.68 Å². The summed E-state index contributed by atoms with van der Waals surface area (Å²) in [5, 5.41) is 7.00. The van der Waals surface area contributed by atoms with Gasteiger partial charge in [0.05, 0.1) is 0 Å². The largest absolute Gasteiger partial charge is 0.324 e. The summed E-state index contributed by atoms with van der Waals surface area (Å²) in [4.78, 5) is 11.9. The summed E-state index contributed by atoms with van der Waals surface area (Å²) in [5.74, 6) is -0.111. The lowest BCUT2D eigenvalue weighted by molar-refractivity contribution is -0.116. The zero-order valence-corrected chi connectivity index (χ0v) is 12.8. The van der Waals surface area contributed by atoms with Gasteiger partial charge in [0.25, 0.3) is 0 Å². The van der Waals surface area contributed by atoms with Gasteiger partial charge >= 0.3 is 0 Å². The van der Waals surface area contributed by atoms with Crippen LogP contribution < -0.4 is 5.32 Å². The van der Waals surface area contributed by atoms with Gasteiger partial charge in [-0.1, -0.05) is 18.2 Å². The van der Waals surface area contributed by atoms with Crippen molar-refractivity contribution in [1.82, 2.24) is 9.78 Å². The van der Waals surface area contributed by atoms with Gasteiger partial charge < -0.3 is 5.32 Å². The first-order valence-corrected chi connectivity index (χ1v) is 6.89. The van der Waals surface area contributed by atoms with Crippen molar-refractivity contribution >= 4 is 43.5 Å². The number of para-hydroxylation sites is 1. The highest BCUT2D eigenvalue weighted by Crippen LogP contribution is 2.17. The number of aromatic nitrogens is 2. The van der Waals surface area contributed by atoms with E-state index in [1.165, 1.54) is 0 Å². The SMILES string of the molecule is Cc1ccccc1NC(=O)Cn1nc(Br)cc1Br. The maximum Gasteiger partial charge on any atom is 0.246 e. The number of carbonyl (C=O) groups excluding carboxylic acids is 1. The molecule has 1 heterocycles. The van der Waals surface area contributed by atoms with E-state index in [0.29, 0.717) is 4.60 Å². The van der Waals surface area contributed by atoms with E-state index in [1.807, 2.05) is 31.2 Å². The molecule has 0 unspecified atom stereocenters. The Balaban J connectivity index is 2.06. The Morgan fingerprint density at radius 1 is 1.39 bits per heavy atom. The summed E-state index contributed by atoms with van der Waals surface area (Å²) < 4.78 is 3.03. The summed E-state index contributed by atoms with van der Waals surface area (Å²) >= 11 is 6.59. The van der Waals surface area contributed by atoms with E-state index in [2.05, 4.69) is 42.3 Å². The third kappa shape index (κ3) is 3.20.